The number of halogens is 6. The van der Waals surface area contributed by atoms with Gasteiger partial charge in [-0.1, -0.05) is 52.6 Å². The van der Waals surface area contributed by atoms with E-state index in [1.165, 1.54) is 18.2 Å². The standard InChI is InChI=1S/C22H17Cl3F3N5O2S/c1-2-7-33-18(10-29-20(35)12-3-5-14(23)16(25)8-12)31-32-21(33)36-11-19(34)30-17-9-13(22(26,27)28)4-6-15(17)24/h2-6,8-9H,1,7,10-11H2,(H,29,35)(H,30,34). The van der Waals surface area contributed by atoms with Crippen molar-refractivity contribution < 1.29 is 22.8 Å². The van der Waals surface area contributed by atoms with Gasteiger partial charge >= 0.3 is 6.18 Å². The maximum absolute atomic E-state index is 12.9. The number of nitrogens with one attached hydrogen (secondary N) is 2. The van der Waals surface area contributed by atoms with Gasteiger partial charge in [0.2, 0.25) is 5.91 Å². The smallest absolute Gasteiger partial charge is 0.345 e. The molecular formula is C22H17Cl3F3N5O2S. The van der Waals surface area contributed by atoms with Crippen molar-refractivity contribution in [2.24, 2.45) is 0 Å². The van der Waals surface area contributed by atoms with Crippen molar-refractivity contribution in [3.8, 4) is 0 Å². The summed E-state index contributed by atoms with van der Waals surface area (Å²) in [5.41, 5.74) is -0.790. The molecule has 0 atom stereocenters. The Balaban J connectivity index is 1.64. The van der Waals surface area contributed by atoms with Crippen molar-refractivity contribution in [3.05, 3.63) is 81.1 Å². The first-order valence-corrected chi connectivity index (χ1v) is 12.2. The highest BCUT2D eigenvalue weighted by Gasteiger charge is 2.31. The van der Waals surface area contributed by atoms with Crippen molar-refractivity contribution in [2.45, 2.75) is 24.4 Å². The minimum atomic E-state index is -4.58. The number of hydrogen-bond acceptors (Lipinski definition) is 5. The molecule has 0 radical (unpaired) electrons. The predicted molar refractivity (Wildman–Crippen MR) is 134 cm³/mol. The van der Waals surface area contributed by atoms with Crippen LogP contribution in [0.15, 0.2) is 54.2 Å². The highest BCUT2D eigenvalue weighted by atomic mass is 35.5. The number of alkyl halides is 3. The average Bonchev–Trinajstić information content (AvgIpc) is 3.20. The van der Waals surface area contributed by atoms with Gasteiger partial charge in [0.15, 0.2) is 11.0 Å². The van der Waals surface area contributed by atoms with Crippen molar-refractivity contribution >= 4 is 64.1 Å². The second kappa shape index (κ2) is 12.0. The van der Waals surface area contributed by atoms with Crippen LogP contribution in [0.2, 0.25) is 15.1 Å². The summed E-state index contributed by atoms with van der Waals surface area (Å²) in [6.45, 7) is 3.99. The van der Waals surface area contributed by atoms with Crippen LogP contribution >= 0.6 is 46.6 Å². The lowest BCUT2D eigenvalue weighted by Crippen LogP contribution is -2.25. The molecule has 0 saturated heterocycles. The topological polar surface area (TPSA) is 88.9 Å². The summed E-state index contributed by atoms with van der Waals surface area (Å²) in [6, 6.07) is 7.11. The molecule has 2 aromatic carbocycles. The third-order valence-corrected chi connectivity index (χ3v) is 6.63. The van der Waals surface area contributed by atoms with Gasteiger partial charge in [0.25, 0.3) is 5.91 Å². The zero-order valence-corrected chi connectivity index (χ0v) is 21.3. The van der Waals surface area contributed by atoms with Crippen molar-refractivity contribution in [2.75, 3.05) is 11.1 Å². The molecule has 0 unspecified atom stereocenters. The average molecular weight is 579 g/mol. The number of hydrogen-bond donors (Lipinski definition) is 2. The number of anilines is 1. The van der Waals surface area contributed by atoms with Crippen LogP contribution in [0.25, 0.3) is 0 Å². The van der Waals surface area contributed by atoms with Crippen molar-refractivity contribution in [3.63, 3.8) is 0 Å². The number of thioether (sulfide) groups is 1. The summed E-state index contributed by atoms with van der Waals surface area (Å²) in [7, 11) is 0. The Morgan fingerprint density at radius 2 is 1.78 bits per heavy atom. The molecule has 0 bridgehead atoms. The van der Waals surface area contributed by atoms with E-state index in [9.17, 15) is 22.8 Å². The van der Waals surface area contributed by atoms with E-state index in [0.717, 1.165) is 30.0 Å². The van der Waals surface area contributed by atoms with E-state index in [0.29, 0.717) is 21.6 Å². The van der Waals surface area contributed by atoms with Crippen molar-refractivity contribution in [1.82, 2.24) is 20.1 Å². The molecule has 0 aliphatic heterocycles. The van der Waals surface area contributed by atoms with E-state index in [4.69, 9.17) is 34.8 Å². The van der Waals surface area contributed by atoms with Crippen LogP contribution in [-0.2, 0) is 24.1 Å². The van der Waals surface area contributed by atoms with E-state index in [-0.39, 0.29) is 34.6 Å². The van der Waals surface area contributed by atoms with Crippen LogP contribution in [0.4, 0.5) is 18.9 Å². The van der Waals surface area contributed by atoms with Crippen LogP contribution in [0.1, 0.15) is 21.7 Å². The lowest BCUT2D eigenvalue weighted by molar-refractivity contribution is -0.137. The molecule has 3 aromatic rings. The van der Waals surface area contributed by atoms with Gasteiger partial charge in [-0.3, -0.25) is 9.59 Å². The van der Waals surface area contributed by atoms with Crippen LogP contribution in [0.5, 0.6) is 0 Å². The minimum absolute atomic E-state index is 0.0204. The van der Waals surface area contributed by atoms with Crippen molar-refractivity contribution in [1.29, 1.82) is 0 Å². The lowest BCUT2D eigenvalue weighted by Gasteiger charge is -2.12. The fraction of sp³-hybridized carbons (Fsp3) is 0.182. The molecule has 1 heterocycles. The highest BCUT2D eigenvalue weighted by Crippen LogP contribution is 2.34. The maximum atomic E-state index is 12.9. The van der Waals surface area contributed by atoms with Gasteiger partial charge in [-0.2, -0.15) is 13.2 Å². The van der Waals surface area contributed by atoms with Gasteiger partial charge in [0.05, 0.1) is 38.6 Å². The second-order valence-corrected chi connectivity index (χ2v) is 9.30. The summed E-state index contributed by atoms with van der Waals surface area (Å²) >= 11 is 18.7. The molecule has 190 valence electrons. The van der Waals surface area contributed by atoms with Crippen LogP contribution in [-0.4, -0.2) is 32.3 Å². The SMILES string of the molecule is C=CCn1c(CNC(=O)c2ccc(Cl)c(Cl)c2)nnc1SCC(=O)Nc1cc(C(F)(F)F)ccc1Cl. The van der Waals surface area contributed by atoms with Gasteiger partial charge in [-0.05, 0) is 36.4 Å². The molecule has 2 amide bonds. The fourth-order valence-electron chi connectivity index (χ4n) is 2.88. The van der Waals surface area contributed by atoms with Gasteiger partial charge < -0.3 is 15.2 Å². The van der Waals surface area contributed by atoms with E-state index >= 15 is 0 Å². The molecule has 0 fully saturated rings. The summed E-state index contributed by atoms with van der Waals surface area (Å²) < 4.78 is 40.5. The molecule has 1 aromatic heterocycles. The van der Waals surface area contributed by atoms with Crippen LogP contribution in [0.3, 0.4) is 0 Å². The van der Waals surface area contributed by atoms with E-state index in [2.05, 4.69) is 27.4 Å². The first-order valence-electron chi connectivity index (χ1n) is 10.0. The molecule has 36 heavy (non-hydrogen) atoms. The van der Waals surface area contributed by atoms with Gasteiger partial charge in [-0.25, -0.2) is 0 Å². The molecule has 0 spiro atoms. The predicted octanol–water partition coefficient (Wildman–Crippen LogP) is 6.10. The van der Waals surface area contributed by atoms with Gasteiger partial charge in [0.1, 0.15) is 0 Å². The Bertz CT molecular complexity index is 1300. The first kappa shape index (κ1) is 27.9. The quantitative estimate of drug-likeness (QED) is 0.236. The van der Waals surface area contributed by atoms with E-state index in [1.807, 2.05) is 0 Å². The Labute approximate surface area is 223 Å². The Morgan fingerprint density at radius 1 is 1.06 bits per heavy atom. The molecule has 0 aliphatic carbocycles. The number of allylic oxidation sites excluding steroid dienone is 1. The molecule has 2 N–H and O–H groups in total. The van der Waals surface area contributed by atoms with Crippen LogP contribution < -0.4 is 10.6 Å². The minimum Gasteiger partial charge on any atom is -0.345 e. The molecular weight excluding hydrogens is 562 g/mol. The Morgan fingerprint density at radius 3 is 2.44 bits per heavy atom. The van der Waals surface area contributed by atoms with Gasteiger partial charge in [-0.15, -0.1) is 16.8 Å². The van der Waals surface area contributed by atoms with Crippen LogP contribution in [0, 0.1) is 0 Å². The number of aromatic nitrogens is 3. The monoisotopic (exact) mass is 577 g/mol. The third kappa shape index (κ3) is 7.16. The number of nitrogens with zero attached hydrogens (tertiary/aromatic N) is 3. The summed E-state index contributed by atoms with van der Waals surface area (Å²) in [6.07, 6.45) is -2.99. The number of benzene rings is 2. The lowest BCUT2D eigenvalue weighted by atomic mass is 10.2. The molecule has 7 nitrogen and oxygen atoms in total. The molecule has 14 heteroatoms. The molecule has 0 aliphatic rings. The zero-order chi connectivity index (χ0) is 26.5. The second-order valence-electron chi connectivity index (χ2n) is 7.14. The molecule has 0 saturated carbocycles. The van der Waals surface area contributed by atoms with E-state index < -0.39 is 23.6 Å². The number of amides is 2. The highest BCUT2D eigenvalue weighted by molar-refractivity contribution is 7.99. The maximum Gasteiger partial charge on any atom is 0.416 e. The summed E-state index contributed by atoms with van der Waals surface area (Å²) in [5, 5.41) is 14.0. The normalized spacial score (nSPS) is 11.3. The van der Waals surface area contributed by atoms with Gasteiger partial charge in [0, 0.05) is 12.1 Å². The number of carbonyl (C=O) groups excluding carboxylic acids is 2. The number of rotatable bonds is 9. The third-order valence-electron chi connectivity index (χ3n) is 4.59. The largest absolute Gasteiger partial charge is 0.416 e. The first-order chi connectivity index (χ1) is 17.0. The Kier molecular flexibility index (Phi) is 9.29. The Hall–Kier alpha value is -2.73. The summed E-state index contributed by atoms with van der Waals surface area (Å²) in [4.78, 5) is 24.8. The van der Waals surface area contributed by atoms with E-state index in [1.54, 1.807) is 10.6 Å². The molecule has 3 rings (SSSR count). The summed E-state index contributed by atoms with van der Waals surface area (Å²) in [5.74, 6) is -0.790. The zero-order valence-electron chi connectivity index (χ0n) is 18.2. The number of carbonyl (C=O) groups is 2. The fourth-order valence-corrected chi connectivity index (χ4v) is 4.11.